The molecule has 2 aliphatic rings. The van der Waals surface area contributed by atoms with Gasteiger partial charge in [0.25, 0.3) is 0 Å². The molecule has 0 atom stereocenters. The lowest BCUT2D eigenvalue weighted by molar-refractivity contribution is 0.328. The van der Waals surface area contributed by atoms with Crippen LogP contribution in [0.1, 0.15) is 87.2 Å². The lowest BCUT2D eigenvalue weighted by Crippen LogP contribution is -2.13. The molecule has 0 bridgehead atoms. The van der Waals surface area contributed by atoms with Crippen LogP contribution in [-0.2, 0) is 0 Å². The molecule has 30 heavy (non-hydrogen) atoms. The summed E-state index contributed by atoms with van der Waals surface area (Å²) in [4.78, 5) is 4.83. The first kappa shape index (κ1) is 21.1. The van der Waals surface area contributed by atoms with Gasteiger partial charge in [-0.1, -0.05) is 42.5 Å². The highest BCUT2D eigenvalue weighted by atomic mass is 14.7. The van der Waals surface area contributed by atoms with Gasteiger partial charge in [0.1, 0.15) is 0 Å². The summed E-state index contributed by atoms with van der Waals surface area (Å²) in [6.45, 7) is 7.80. The third-order valence-corrected chi connectivity index (χ3v) is 7.63. The number of aromatic nitrogens is 1. The third kappa shape index (κ3) is 5.12. The second-order valence-electron chi connectivity index (χ2n) is 9.58. The Morgan fingerprint density at radius 3 is 1.63 bits per heavy atom. The molecule has 0 N–H and O–H groups in total. The summed E-state index contributed by atoms with van der Waals surface area (Å²) in [5.74, 6) is 3.12. The van der Waals surface area contributed by atoms with Crippen LogP contribution in [0.25, 0.3) is 11.3 Å². The van der Waals surface area contributed by atoms with E-state index in [-0.39, 0.29) is 0 Å². The largest absolute Gasteiger partial charge is 0.256 e. The Bertz CT molecular complexity index is 729. The first-order chi connectivity index (χ1) is 14.8. The summed E-state index contributed by atoms with van der Waals surface area (Å²) >= 11 is 0. The van der Waals surface area contributed by atoms with Crippen molar-refractivity contribution in [1.82, 2.24) is 4.98 Å². The van der Waals surface area contributed by atoms with Crippen LogP contribution in [0.5, 0.6) is 0 Å². The van der Waals surface area contributed by atoms with E-state index in [1.165, 1.54) is 80.9 Å². The van der Waals surface area contributed by atoms with E-state index in [0.717, 1.165) is 23.4 Å². The van der Waals surface area contributed by atoms with Crippen molar-refractivity contribution in [2.75, 3.05) is 0 Å². The number of nitrogens with zero attached hydrogens (tertiary/aromatic N) is 1. The first-order valence-electron chi connectivity index (χ1n) is 12.0. The normalized spacial score (nSPS) is 26.8. The zero-order chi connectivity index (χ0) is 20.8. The van der Waals surface area contributed by atoms with Gasteiger partial charge in [-0.05, 0) is 105 Å². The van der Waals surface area contributed by atoms with Crippen molar-refractivity contribution < 1.29 is 0 Å². The van der Waals surface area contributed by atoms with Gasteiger partial charge in [-0.15, -0.1) is 13.2 Å². The van der Waals surface area contributed by atoms with Gasteiger partial charge in [0, 0.05) is 11.8 Å². The lowest BCUT2D eigenvalue weighted by Gasteiger charge is -2.28. The summed E-state index contributed by atoms with van der Waals surface area (Å²) in [6.07, 6.45) is 19.2. The van der Waals surface area contributed by atoms with Gasteiger partial charge in [0.2, 0.25) is 0 Å². The van der Waals surface area contributed by atoms with Crippen LogP contribution >= 0.6 is 0 Å². The second kappa shape index (κ2) is 10.2. The molecule has 2 fully saturated rings. The molecule has 0 aliphatic heterocycles. The molecule has 4 rings (SSSR count). The van der Waals surface area contributed by atoms with Crippen molar-refractivity contribution in [3.63, 3.8) is 0 Å². The lowest BCUT2D eigenvalue weighted by atomic mass is 9.77. The highest BCUT2D eigenvalue weighted by Crippen LogP contribution is 2.39. The Morgan fingerprint density at radius 2 is 1.17 bits per heavy atom. The van der Waals surface area contributed by atoms with Crippen LogP contribution in [0.15, 0.2) is 67.9 Å². The molecule has 0 saturated heterocycles. The Labute approximate surface area is 183 Å². The Hall–Kier alpha value is -2.15. The topological polar surface area (TPSA) is 12.9 Å². The molecule has 158 valence electrons. The molecule has 2 saturated carbocycles. The maximum atomic E-state index is 4.83. The zero-order valence-corrected chi connectivity index (χ0v) is 18.4. The highest BCUT2D eigenvalue weighted by molar-refractivity contribution is 5.59. The highest BCUT2D eigenvalue weighted by Gasteiger charge is 2.23. The SMILES string of the molecule is C=CC[C@H]1CC[C@H](c2ccc(-c3ccc([C@H]4CC[C@H](CC=C)CC4)cn3)cc2)CC1. The number of rotatable bonds is 7. The van der Waals surface area contributed by atoms with E-state index < -0.39 is 0 Å². The summed E-state index contributed by atoms with van der Waals surface area (Å²) in [6, 6.07) is 13.8. The van der Waals surface area contributed by atoms with E-state index in [9.17, 15) is 0 Å². The summed E-state index contributed by atoms with van der Waals surface area (Å²) in [5.41, 5.74) is 5.26. The van der Waals surface area contributed by atoms with E-state index in [0.29, 0.717) is 5.92 Å². The number of hydrogen-bond acceptors (Lipinski definition) is 1. The van der Waals surface area contributed by atoms with Crippen LogP contribution in [0, 0.1) is 11.8 Å². The monoisotopic (exact) mass is 399 g/mol. The quantitative estimate of drug-likeness (QED) is 0.426. The Morgan fingerprint density at radius 1 is 0.667 bits per heavy atom. The molecule has 0 radical (unpaired) electrons. The molecule has 0 spiro atoms. The van der Waals surface area contributed by atoms with Gasteiger partial charge in [0.05, 0.1) is 5.69 Å². The molecule has 1 heteroatoms. The maximum absolute atomic E-state index is 4.83. The Kier molecular flexibility index (Phi) is 7.20. The van der Waals surface area contributed by atoms with E-state index >= 15 is 0 Å². The number of hydrogen-bond donors (Lipinski definition) is 0. The number of allylic oxidation sites excluding steroid dienone is 2. The van der Waals surface area contributed by atoms with Crippen molar-refractivity contribution in [2.45, 2.75) is 76.0 Å². The van der Waals surface area contributed by atoms with Gasteiger partial charge in [-0.3, -0.25) is 4.98 Å². The van der Waals surface area contributed by atoms with E-state index in [1.54, 1.807) is 0 Å². The minimum atomic E-state index is 0.686. The average molecular weight is 400 g/mol. The molecule has 2 aromatic rings. The van der Waals surface area contributed by atoms with Crippen molar-refractivity contribution >= 4 is 0 Å². The summed E-state index contributed by atoms with van der Waals surface area (Å²) in [7, 11) is 0. The van der Waals surface area contributed by atoms with E-state index in [1.807, 2.05) is 0 Å². The fourth-order valence-corrected chi connectivity index (χ4v) is 5.68. The van der Waals surface area contributed by atoms with Crippen LogP contribution in [-0.4, -0.2) is 4.98 Å². The molecule has 0 amide bonds. The maximum Gasteiger partial charge on any atom is 0.0702 e. The summed E-state index contributed by atoms with van der Waals surface area (Å²) < 4.78 is 0. The van der Waals surface area contributed by atoms with Gasteiger partial charge in [-0.2, -0.15) is 0 Å². The first-order valence-corrected chi connectivity index (χ1v) is 12.0. The van der Waals surface area contributed by atoms with Gasteiger partial charge >= 0.3 is 0 Å². The van der Waals surface area contributed by atoms with Crippen LogP contribution in [0.2, 0.25) is 0 Å². The minimum Gasteiger partial charge on any atom is -0.256 e. The summed E-state index contributed by atoms with van der Waals surface area (Å²) in [5, 5.41) is 0. The molecule has 1 aromatic heterocycles. The van der Waals surface area contributed by atoms with E-state index in [2.05, 4.69) is 67.9 Å². The fourth-order valence-electron chi connectivity index (χ4n) is 5.68. The van der Waals surface area contributed by atoms with E-state index in [4.69, 9.17) is 4.98 Å². The van der Waals surface area contributed by atoms with Crippen molar-refractivity contribution in [1.29, 1.82) is 0 Å². The zero-order valence-electron chi connectivity index (χ0n) is 18.4. The standard InChI is InChI=1S/C29H37N/c1-3-5-22-7-11-24(12-8-22)25-15-17-27(18-16-25)29-20-19-28(21-30-29)26-13-9-23(6-4-2)10-14-26/h3-4,15-24,26H,1-2,5-14H2/t22-,23-,24-,26-. The third-order valence-electron chi connectivity index (χ3n) is 7.63. The smallest absolute Gasteiger partial charge is 0.0702 e. The Balaban J connectivity index is 1.34. The molecule has 0 unspecified atom stereocenters. The number of pyridine rings is 1. The molecule has 1 heterocycles. The van der Waals surface area contributed by atoms with Gasteiger partial charge < -0.3 is 0 Å². The number of benzene rings is 1. The molecular formula is C29H37N. The second-order valence-corrected chi connectivity index (χ2v) is 9.58. The van der Waals surface area contributed by atoms with Crippen LogP contribution in [0.3, 0.4) is 0 Å². The molecule has 1 aromatic carbocycles. The molecule has 1 nitrogen and oxygen atoms in total. The average Bonchev–Trinajstić information content (AvgIpc) is 2.81. The van der Waals surface area contributed by atoms with Gasteiger partial charge in [-0.25, -0.2) is 0 Å². The predicted octanol–water partition coefficient (Wildman–Crippen LogP) is 8.45. The van der Waals surface area contributed by atoms with Crippen LogP contribution < -0.4 is 0 Å². The van der Waals surface area contributed by atoms with Crippen molar-refractivity contribution in [2.24, 2.45) is 11.8 Å². The minimum absolute atomic E-state index is 0.686. The molecule has 2 aliphatic carbocycles. The van der Waals surface area contributed by atoms with Gasteiger partial charge in [0.15, 0.2) is 0 Å². The fraction of sp³-hybridized carbons (Fsp3) is 0.483. The van der Waals surface area contributed by atoms with Crippen molar-refractivity contribution in [3.8, 4) is 11.3 Å². The predicted molar refractivity (Wildman–Crippen MR) is 129 cm³/mol. The molecular weight excluding hydrogens is 362 g/mol. The van der Waals surface area contributed by atoms with Crippen molar-refractivity contribution in [3.05, 3.63) is 79.0 Å². The van der Waals surface area contributed by atoms with Crippen LogP contribution in [0.4, 0.5) is 0 Å².